The van der Waals surface area contributed by atoms with Gasteiger partial charge in [-0.15, -0.1) is 0 Å². The van der Waals surface area contributed by atoms with Gasteiger partial charge in [0.05, 0.1) is 11.3 Å². The van der Waals surface area contributed by atoms with Gasteiger partial charge in [0.1, 0.15) is 6.61 Å². The van der Waals surface area contributed by atoms with Crippen molar-refractivity contribution in [3.8, 4) is 11.1 Å². The molecule has 0 radical (unpaired) electrons. The van der Waals surface area contributed by atoms with Gasteiger partial charge in [-0.1, -0.05) is 84.6 Å². The highest BCUT2D eigenvalue weighted by atomic mass is 32.2. The van der Waals surface area contributed by atoms with E-state index in [-0.39, 0.29) is 18.1 Å². The molecule has 5 rings (SSSR count). The van der Waals surface area contributed by atoms with Gasteiger partial charge in [0.25, 0.3) is 0 Å². The van der Waals surface area contributed by atoms with Gasteiger partial charge >= 0.3 is 12.1 Å². The van der Waals surface area contributed by atoms with Gasteiger partial charge in [0.2, 0.25) is 0 Å². The molecule has 1 aliphatic carbocycles. The molecule has 0 atom stereocenters. The second-order valence-corrected chi connectivity index (χ2v) is 8.93. The summed E-state index contributed by atoms with van der Waals surface area (Å²) < 4.78 is 5.66. The van der Waals surface area contributed by atoms with E-state index in [2.05, 4.69) is 29.6 Å². The average molecular weight is 468 g/mol. The second kappa shape index (κ2) is 9.45. The number of benzene rings is 4. The van der Waals surface area contributed by atoms with Crippen LogP contribution >= 0.6 is 11.8 Å². The van der Waals surface area contributed by atoms with Crippen LogP contribution in [0.4, 0.5) is 10.5 Å². The van der Waals surface area contributed by atoms with Crippen molar-refractivity contribution in [1.82, 2.24) is 0 Å². The fraction of sp³-hybridized carbons (Fsp3) is 0.0714. The van der Waals surface area contributed by atoms with Crippen molar-refractivity contribution in [2.45, 2.75) is 15.7 Å². The molecule has 2 N–H and O–H groups in total. The first-order chi connectivity index (χ1) is 16.6. The van der Waals surface area contributed by atoms with E-state index in [1.54, 1.807) is 30.3 Å². The molecule has 6 heteroatoms. The Kier molecular flexibility index (Phi) is 6.06. The Hall–Kier alpha value is -4.03. The smallest absolute Gasteiger partial charge is 0.411 e. The number of amides is 1. The summed E-state index contributed by atoms with van der Waals surface area (Å²) in [6.45, 7) is 0.219. The summed E-state index contributed by atoms with van der Waals surface area (Å²) in [5, 5.41) is 12.3. The van der Waals surface area contributed by atoms with Crippen molar-refractivity contribution >= 4 is 29.5 Å². The normalized spacial score (nSPS) is 12.0. The number of hydrogen-bond donors (Lipinski definition) is 2. The molecule has 0 unspecified atom stereocenters. The van der Waals surface area contributed by atoms with E-state index >= 15 is 0 Å². The minimum absolute atomic E-state index is 0.0230. The molecule has 0 saturated heterocycles. The number of carboxylic acids is 1. The van der Waals surface area contributed by atoms with Gasteiger partial charge in [-0.2, -0.15) is 0 Å². The first-order valence-electron chi connectivity index (χ1n) is 10.8. The third-order valence-corrected chi connectivity index (χ3v) is 6.96. The van der Waals surface area contributed by atoms with Crippen LogP contribution in [0.25, 0.3) is 11.1 Å². The van der Waals surface area contributed by atoms with E-state index in [0.29, 0.717) is 10.6 Å². The van der Waals surface area contributed by atoms with E-state index < -0.39 is 12.1 Å². The predicted molar refractivity (Wildman–Crippen MR) is 133 cm³/mol. The molecule has 0 spiro atoms. The zero-order valence-electron chi connectivity index (χ0n) is 18.1. The maximum atomic E-state index is 12.7. The lowest BCUT2D eigenvalue weighted by Gasteiger charge is -2.16. The maximum Gasteiger partial charge on any atom is 0.411 e. The first kappa shape index (κ1) is 21.8. The monoisotopic (exact) mass is 467 g/mol. The van der Waals surface area contributed by atoms with Crippen LogP contribution in [-0.4, -0.2) is 23.8 Å². The number of aromatic carboxylic acids is 1. The number of carbonyl (C=O) groups is 2. The Morgan fingerprint density at radius 2 is 1.32 bits per heavy atom. The van der Waals surface area contributed by atoms with Crippen LogP contribution in [0.5, 0.6) is 0 Å². The molecule has 0 aliphatic heterocycles. The Morgan fingerprint density at radius 3 is 2.00 bits per heavy atom. The number of ether oxygens (including phenoxy) is 1. The fourth-order valence-corrected chi connectivity index (χ4v) is 5.28. The number of hydrogen-bond acceptors (Lipinski definition) is 4. The van der Waals surface area contributed by atoms with Crippen molar-refractivity contribution in [3.63, 3.8) is 0 Å². The van der Waals surface area contributed by atoms with Crippen LogP contribution in [0.1, 0.15) is 27.4 Å². The summed E-state index contributed by atoms with van der Waals surface area (Å²) in [6.07, 6.45) is -0.554. The van der Waals surface area contributed by atoms with Crippen molar-refractivity contribution in [3.05, 3.63) is 114 Å². The molecule has 0 saturated carbocycles. The average Bonchev–Trinajstić information content (AvgIpc) is 3.18. The molecule has 34 heavy (non-hydrogen) atoms. The highest BCUT2D eigenvalue weighted by Gasteiger charge is 2.29. The van der Waals surface area contributed by atoms with Crippen LogP contribution in [0.2, 0.25) is 0 Å². The summed E-state index contributed by atoms with van der Waals surface area (Å²) in [5.74, 6) is -1.02. The lowest BCUT2D eigenvalue weighted by Crippen LogP contribution is -2.18. The Morgan fingerprint density at radius 1 is 0.765 bits per heavy atom. The summed E-state index contributed by atoms with van der Waals surface area (Å²) >= 11 is 1.28. The van der Waals surface area contributed by atoms with Crippen LogP contribution in [0, 0.1) is 0 Å². The second-order valence-electron chi connectivity index (χ2n) is 7.85. The lowest BCUT2D eigenvalue weighted by atomic mass is 9.98. The minimum Gasteiger partial charge on any atom is -0.478 e. The van der Waals surface area contributed by atoms with Crippen LogP contribution in [0.15, 0.2) is 107 Å². The quantitative estimate of drug-likeness (QED) is 0.323. The number of anilines is 1. The Labute approximate surface area is 201 Å². The van der Waals surface area contributed by atoms with Crippen molar-refractivity contribution in [2.24, 2.45) is 0 Å². The fourth-order valence-electron chi connectivity index (χ4n) is 4.25. The van der Waals surface area contributed by atoms with Gasteiger partial charge in [0, 0.05) is 15.7 Å². The molecule has 1 amide bonds. The summed E-state index contributed by atoms with van der Waals surface area (Å²) in [4.78, 5) is 25.6. The van der Waals surface area contributed by atoms with Crippen molar-refractivity contribution in [1.29, 1.82) is 0 Å². The molecule has 0 bridgehead atoms. The molecule has 5 nitrogen and oxygen atoms in total. The van der Waals surface area contributed by atoms with E-state index in [9.17, 15) is 14.7 Å². The topological polar surface area (TPSA) is 75.6 Å². The van der Waals surface area contributed by atoms with E-state index in [1.165, 1.54) is 22.9 Å². The highest BCUT2D eigenvalue weighted by Crippen LogP contribution is 2.44. The van der Waals surface area contributed by atoms with E-state index in [1.807, 2.05) is 42.5 Å². The molecule has 0 heterocycles. The zero-order valence-corrected chi connectivity index (χ0v) is 18.9. The molecular formula is C28H21NO4S. The summed E-state index contributed by atoms with van der Waals surface area (Å²) in [6, 6.07) is 30.4. The largest absolute Gasteiger partial charge is 0.478 e. The van der Waals surface area contributed by atoms with E-state index in [0.717, 1.165) is 16.0 Å². The molecule has 0 fully saturated rings. The van der Waals surface area contributed by atoms with Gasteiger partial charge < -0.3 is 9.84 Å². The lowest BCUT2D eigenvalue weighted by molar-refractivity contribution is 0.0693. The number of carboxylic acid groups (broad SMARTS) is 1. The summed E-state index contributed by atoms with van der Waals surface area (Å²) in [7, 11) is 0. The number of carbonyl (C=O) groups excluding carboxylic acids is 1. The Bertz CT molecular complexity index is 1340. The van der Waals surface area contributed by atoms with Gasteiger partial charge in [-0.05, 0) is 46.5 Å². The predicted octanol–water partition coefficient (Wildman–Crippen LogP) is 6.90. The molecule has 4 aromatic rings. The van der Waals surface area contributed by atoms with Crippen molar-refractivity contribution in [2.75, 3.05) is 11.9 Å². The molecule has 0 aromatic heterocycles. The highest BCUT2D eigenvalue weighted by molar-refractivity contribution is 7.99. The van der Waals surface area contributed by atoms with Gasteiger partial charge in [-0.3, -0.25) is 5.32 Å². The van der Waals surface area contributed by atoms with E-state index in [4.69, 9.17) is 4.74 Å². The number of para-hydroxylation sites is 1. The third-order valence-electron chi connectivity index (χ3n) is 5.80. The number of nitrogens with one attached hydrogen (secondary N) is 1. The maximum absolute atomic E-state index is 12.7. The van der Waals surface area contributed by atoms with Crippen LogP contribution < -0.4 is 5.32 Å². The number of rotatable bonds is 6. The van der Waals surface area contributed by atoms with Gasteiger partial charge in [-0.25, -0.2) is 9.59 Å². The standard InChI is InChI=1S/C28H21NO4S/c30-27(31)22-13-5-7-15-25(22)34-26-16-8-6-14-24(26)29-28(32)33-17-23-20-11-3-1-9-18(20)19-10-2-4-12-21(19)23/h1-16,23H,17H2,(H,29,32)(H,30,31). The van der Waals surface area contributed by atoms with Crippen LogP contribution in [-0.2, 0) is 4.74 Å². The van der Waals surface area contributed by atoms with Crippen LogP contribution in [0.3, 0.4) is 0 Å². The third kappa shape index (κ3) is 4.28. The summed E-state index contributed by atoms with van der Waals surface area (Å²) in [5.41, 5.74) is 5.42. The minimum atomic E-state index is -0.995. The first-order valence-corrected chi connectivity index (χ1v) is 11.6. The zero-order chi connectivity index (χ0) is 23.5. The van der Waals surface area contributed by atoms with Gasteiger partial charge in [0.15, 0.2) is 0 Å². The molecule has 4 aromatic carbocycles. The SMILES string of the molecule is O=C(Nc1ccccc1Sc1ccccc1C(=O)O)OCC1c2ccccc2-c2ccccc21. The van der Waals surface area contributed by atoms with Crippen molar-refractivity contribution < 1.29 is 19.4 Å². The molecule has 168 valence electrons. The molecule has 1 aliphatic rings. The Balaban J connectivity index is 1.31. The number of fused-ring (bicyclic) bond motifs is 3. The molecular weight excluding hydrogens is 446 g/mol.